The van der Waals surface area contributed by atoms with Gasteiger partial charge in [0.15, 0.2) is 0 Å². The molecule has 0 saturated carbocycles. The Hall–Kier alpha value is -1.97. The van der Waals surface area contributed by atoms with Gasteiger partial charge < -0.3 is 10.4 Å². The molecule has 0 amide bonds. The van der Waals surface area contributed by atoms with Gasteiger partial charge in [0.1, 0.15) is 0 Å². The van der Waals surface area contributed by atoms with Crippen LogP contribution in [0.2, 0.25) is 10.0 Å². The minimum absolute atomic E-state index is 0.0425. The molecular weight excluding hydrogens is 357 g/mol. The van der Waals surface area contributed by atoms with E-state index in [0.717, 1.165) is 23.2 Å². The van der Waals surface area contributed by atoms with Crippen LogP contribution < -0.4 is 5.32 Å². The number of anilines is 1. The van der Waals surface area contributed by atoms with E-state index in [0.29, 0.717) is 16.0 Å². The number of hydrogen-bond acceptors (Lipinski definition) is 2. The van der Waals surface area contributed by atoms with Gasteiger partial charge in [-0.05, 0) is 47.2 Å². The Bertz CT molecular complexity index is 878. The fourth-order valence-corrected chi connectivity index (χ4v) is 4.52. The highest BCUT2D eigenvalue weighted by Crippen LogP contribution is 2.51. The smallest absolute Gasteiger partial charge is 0.307 e. The molecule has 0 radical (unpaired) electrons. The van der Waals surface area contributed by atoms with Crippen LogP contribution in [0.1, 0.15) is 35.1 Å². The van der Waals surface area contributed by atoms with Crippen LogP contribution in [0.4, 0.5) is 5.69 Å². The second-order valence-electron chi connectivity index (χ2n) is 6.63. The lowest BCUT2D eigenvalue weighted by Gasteiger charge is -2.38. The summed E-state index contributed by atoms with van der Waals surface area (Å²) in [6.07, 6.45) is 5.43. The Labute approximate surface area is 156 Å². The van der Waals surface area contributed by atoms with Crippen molar-refractivity contribution in [3.05, 3.63) is 75.3 Å². The minimum atomic E-state index is -0.812. The molecule has 128 valence electrons. The third kappa shape index (κ3) is 3.03. The lowest BCUT2D eigenvalue weighted by atomic mass is 9.76. The summed E-state index contributed by atoms with van der Waals surface area (Å²) in [5, 5.41) is 14.0. The molecule has 2 aliphatic rings. The molecule has 3 unspecified atom stereocenters. The molecule has 3 nitrogen and oxygen atoms in total. The maximum absolute atomic E-state index is 11.0. The molecule has 2 N–H and O–H groups in total. The van der Waals surface area contributed by atoms with E-state index in [2.05, 4.69) is 17.5 Å². The number of allylic oxidation sites excluding steroid dienone is 2. The summed E-state index contributed by atoms with van der Waals surface area (Å²) >= 11 is 12.5. The van der Waals surface area contributed by atoms with Crippen LogP contribution in [0.25, 0.3) is 0 Å². The van der Waals surface area contributed by atoms with E-state index in [-0.39, 0.29) is 18.4 Å². The van der Waals surface area contributed by atoms with Crippen LogP contribution in [0.15, 0.2) is 48.6 Å². The topological polar surface area (TPSA) is 49.3 Å². The number of aliphatic carboxylic acids is 1. The monoisotopic (exact) mass is 373 g/mol. The van der Waals surface area contributed by atoms with E-state index in [1.54, 1.807) is 6.07 Å². The van der Waals surface area contributed by atoms with Gasteiger partial charge in [-0.2, -0.15) is 0 Å². The van der Waals surface area contributed by atoms with Crippen molar-refractivity contribution in [3.63, 3.8) is 0 Å². The first-order chi connectivity index (χ1) is 12.0. The Kier molecular flexibility index (Phi) is 4.22. The summed E-state index contributed by atoms with van der Waals surface area (Å²) in [7, 11) is 0. The summed E-state index contributed by atoms with van der Waals surface area (Å²) in [5.74, 6) is -0.193. The van der Waals surface area contributed by atoms with Crippen molar-refractivity contribution in [2.45, 2.75) is 24.8 Å². The lowest BCUT2D eigenvalue weighted by molar-refractivity contribution is -0.136. The molecular formula is C20H17Cl2NO2. The Morgan fingerprint density at radius 2 is 2.00 bits per heavy atom. The van der Waals surface area contributed by atoms with Crippen LogP contribution in [0.5, 0.6) is 0 Å². The van der Waals surface area contributed by atoms with Crippen LogP contribution >= 0.6 is 23.2 Å². The van der Waals surface area contributed by atoms with Crippen molar-refractivity contribution in [2.75, 3.05) is 5.32 Å². The molecule has 1 aliphatic heterocycles. The molecule has 1 heterocycles. The SMILES string of the molecule is O=C(O)Cc1ccc2c(c1)C1C=CCC1C(c1ccc(Cl)cc1Cl)N2. The average molecular weight is 374 g/mol. The first-order valence-electron chi connectivity index (χ1n) is 8.25. The van der Waals surface area contributed by atoms with Crippen LogP contribution in [-0.2, 0) is 11.2 Å². The van der Waals surface area contributed by atoms with Gasteiger partial charge in [0.2, 0.25) is 0 Å². The standard InChI is InChI=1S/C20H17Cl2NO2/c21-12-5-6-15(17(22)10-12)20-14-3-1-2-13(14)16-8-11(9-19(24)25)4-7-18(16)23-20/h1-2,4-8,10,13-14,20,23H,3,9H2,(H,24,25). The predicted octanol–water partition coefficient (Wildman–Crippen LogP) is 5.45. The van der Waals surface area contributed by atoms with Gasteiger partial charge in [-0.1, -0.05) is 53.6 Å². The Balaban J connectivity index is 1.74. The van der Waals surface area contributed by atoms with E-state index in [4.69, 9.17) is 28.3 Å². The zero-order valence-electron chi connectivity index (χ0n) is 13.4. The molecule has 3 atom stereocenters. The number of carbonyl (C=O) groups is 1. The molecule has 25 heavy (non-hydrogen) atoms. The highest BCUT2D eigenvalue weighted by atomic mass is 35.5. The van der Waals surface area contributed by atoms with Gasteiger partial charge in [0, 0.05) is 21.7 Å². The van der Waals surface area contributed by atoms with E-state index in [1.165, 1.54) is 5.56 Å². The number of fused-ring (bicyclic) bond motifs is 3. The zero-order valence-corrected chi connectivity index (χ0v) is 14.9. The fourth-order valence-electron chi connectivity index (χ4n) is 3.99. The van der Waals surface area contributed by atoms with Crippen LogP contribution in [-0.4, -0.2) is 11.1 Å². The zero-order chi connectivity index (χ0) is 17.6. The molecule has 2 aromatic rings. The maximum atomic E-state index is 11.0. The molecule has 4 rings (SSSR count). The maximum Gasteiger partial charge on any atom is 0.307 e. The summed E-state index contributed by atoms with van der Waals surface area (Å²) in [5.41, 5.74) is 4.08. The number of nitrogens with one attached hydrogen (secondary N) is 1. The quantitative estimate of drug-likeness (QED) is 0.703. The first kappa shape index (κ1) is 16.5. The van der Waals surface area contributed by atoms with Gasteiger partial charge in [-0.15, -0.1) is 0 Å². The Morgan fingerprint density at radius 3 is 2.76 bits per heavy atom. The number of benzene rings is 2. The summed E-state index contributed by atoms with van der Waals surface area (Å²) in [4.78, 5) is 11.0. The predicted molar refractivity (Wildman–Crippen MR) is 101 cm³/mol. The van der Waals surface area contributed by atoms with Crippen molar-refractivity contribution in [2.24, 2.45) is 5.92 Å². The molecule has 0 fully saturated rings. The molecule has 2 aromatic carbocycles. The van der Waals surface area contributed by atoms with E-state index >= 15 is 0 Å². The van der Waals surface area contributed by atoms with E-state index < -0.39 is 5.97 Å². The second-order valence-corrected chi connectivity index (χ2v) is 7.48. The van der Waals surface area contributed by atoms with Crippen molar-refractivity contribution in [3.8, 4) is 0 Å². The fraction of sp³-hybridized carbons (Fsp3) is 0.250. The summed E-state index contributed by atoms with van der Waals surface area (Å²) in [6, 6.07) is 11.6. The number of carboxylic acids is 1. The highest BCUT2D eigenvalue weighted by Gasteiger charge is 2.38. The molecule has 5 heteroatoms. The van der Waals surface area contributed by atoms with Gasteiger partial charge >= 0.3 is 5.97 Å². The molecule has 0 aromatic heterocycles. The van der Waals surface area contributed by atoms with Gasteiger partial charge in [-0.25, -0.2) is 0 Å². The van der Waals surface area contributed by atoms with Gasteiger partial charge in [0.05, 0.1) is 12.5 Å². The van der Waals surface area contributed by atoms with Crippen molar-refractivity contribution in [1.82, 2.24) is 0 Å². The second kappa shape index (κ2) is 6.40. The minimum Gasteiger partial charge on any atom is -0.481 e. The van der Waals surface area contributed by atoms with E-state index in [1.807, 2.05) is 30.3 Å². The highest BCUT2D eigenvalue weighted by molar-refractivity contribution is 6.35. The largest absolute Gasteiger partial charge is 0.481 e. The number of hydrogen-bond donors (Lipinski definition) is 2. The summed E-state index contributed by atoms with van der Waals surface area (Å²) < 4.78 is 0. The number of rotatable bonds is 3. The molecule has 0 spiro atoms. The molecule has 0 saturated heterocycles. The van der Waals surface area contributed by atoms with Crippen molar-refractivity contribution >= 4 is 34.9 Å². The third-order valence-corrected chi connectivity index (χ3v) is 5.64. The van der Waals surface area contributed by atoms with Gasteiger partial charge in [0.25, 0.3) is 0 Å². The third-order valence-electron chi connectivity index (χ3n) is 5.08. The van der Waals surface area contributed by atoms with Crippen molar-refractivity contribution in [1.29, 1.82) is 0 Å². The normalized spacial score (nSPS) is 23.7. The Morgan fingerprint density at radius 1 is 1.16 bits per heavy atom. The van der Waals surface area contributed by atoms with Gasteiger partial charge in [-0.3, -0.25) is 4.79 Å². The molecule has 1 aliphatic carbocycles. The van der Waals surface area contributed by atoms with Crippen LogP contribution in [0.3, 0.4) is 0 Å². The van der Waals surface area contributed by atoms with Crippen LogP contribution in [0, 0.1) is 5.92 Å². The van der Waals surface area contributed by atoms with E-state index in [9.17, 15) is 4.79 Å². The summed E-state index contributed by atoms with van der Waals surface area (Å²) in [6.45, 7) is 0. The van der Waals surface area contributed by atoms with Crippen molar-refractivity contribution < 1.29 is 9.90 Å². The molecule has 0 bridgehead atoms. The lowest BCUT2D eigenvalue weighted by Crippen LogP contribution is -2.29. The first-order valence-corrected chi connectivity index (χ1v) is 9.01. The number of halogens is 2. The average Bonchev–Trinajstić information content (AvgIpc) is 3.04. The number of carboxylic acid groups (broad SMARTS) is 1.